The summed E-state index contributed by atoms with van der Waals surface area (Å²) < 4.78 is 1.80. The van der Waals surface area contributed by atoms with Gasteiger partial charge < -0.3 is 5.32 Å². The summed E-state index contributed by atoms with van der Waals surface area (Å²) in [5.74, 6) is -0.0762. The Bertz CT molecular complexity index is 635. The molecule has 1 aliphatic rings. The highest BCUT2D eigenvalue weighted by Gasteiger charge is 2.29. The van der Waals surface area contributed by atoms with Crippen LogP contribution in [-0.4, -0.2) is 25.9 Å². The summed E-state index contributed by atoms with van der Waals surface area (Å²) in [7, 11) is 1.90. The zero-order valence-corrected chi connectivity index (χ0v) is 12.0. The van der Waals surface area contributed by atoms with Gasteiger partial charge in [0.1, 0.15) is 0 Å². The molecule has 0 aliphatic heterocycles. The van der Waals surface area contributed by atoms with Crippen LogP contribution in [0.2, 0.25) is 0 Å². The van der Waals surface area contributed by atoms with E-state index < -0.39 is 0 Å². The van der Waals surface area contributed by atoms with E-state index in [9.17, 15) is 4.79 Å². The first kappa shape index (κ1) is 12.9. The maximum absolute atomic E-state index is 12.6. The van der Waals surface area contributed by atoms with Gasteiger partial charge in [-0.2, -0.15) is 10.2 Å². The van der Waals surface area contributed by atoms with Gasteiger partial charge >= 0.3 is 0 Å². The van der Waals surface area contributed by atoms with E-state index in [-0.39, 0.29) is 11.8 Å². The zero-order chi connectivity index (χ0) is 14.3. The normalized spacial score (nSPS) is 17.9. The van der Waals surface area contributed by atoms with E-state index in [0.29, 0.717) is 0 Å². The number of anilines is 1. The molecule has 1 atom stereocenters. The molecule has 0 saturated carbocycles. The molecule has 6 nitrogen and oxygen atoms in total. The summed E-state index contributed by atoms with van der Waals surface area (Å²) in [6.45, 7) is 3.79. The number of hydrogen-bond donors (Lipinski definition) is 2. The van der Waals surface area contributed by atoms with Gasteiger partial charge in [0, 0.05) is 18.8 Å². The summed E-state index contributed by atoms with van der Waals surface area (Å²) in [5, 5.41) is 14.4. The minimum Gasteiger partial charge on any atom is -0.322 e. The quantitative estimate of drug-likeness (QED) is 0.876. The second-order valence-corrected chi connectivity index (χ2v) is 5.45. The molecule has 1 aliphatic carbocycles. The molecule has 1 amide bonds. The highest BCUT2D eigenvalue weighted by atomic mass is 16.1. The third kappa shape index (κ3) is 2.11. The Labute approximate surface area is 117 Å². The van der Waals surface area contributed by atoms with E-state index in [1.54, 1.807) is 4.68 Å². The summed E-state index contributed by atoms with van der Waals surface area (Å²) in [5.41, 5.74) is 4.62. The van der Waals surface area contributed by atoms with Crippen molar-refractivity contribution in [3.63, 3.8) is 0 Å². The number of rotatable bonds is 2. The molecular formula is C14H19N5O. The number of H-pyrrole nitrogens is 1. The van der Waals surface area contributed by atoms with Crippen molar-refractivity contribution >= 4 is 11.6 Å². The molecule has 106 valence electrons. The van der Waals surface area contributed by atoms with Crippen LogP contribution in [0.15, 0.2) is 6.20 Å². The minimum absolute atomic E-state index is 0.0338. The Kier molecular flexibility index (Phi) is 3.08. The number of nitrogens with one attached hydrogen (secondary N) is 2. The van der Waals surface area contributed by atoms with Crippen LogP contribution >= 0.6 is 0 Å². The fraction of sp³-hybridized carbons (Fsp3) is 0.500. The number of aromatic amines is 1. The highest BCUT2D eigenvalue weighted by molar-refractivity contribution is 5.97. The van der Waals surface area contributed by atoms with Crippen LogP contribution in [0.5, 0.6) is 0 Å². The van der Waals surface area contributed by atoms with Crippen molar-refractivity contribution in [1.29, 1.82) is 0 Å². The van der Waals surface area contributed by atoms with Gasteiger partial charge in [0.2, 0.25) is 5.91 Å². The smallest absolute Gasteiger partial charge is 0.232 e. The van der Waals surface area contributed by atoms with E-state index in [4.69, 9.17) is 0 Å². The molecule has 2 aromatic heterocycles. The maximum Gasteiger partial charge on any atom is 0.232 e. The van der Waals surface area contributed by atoms with Gasteiger partial charge in [0.25, 0.3) is 0 Å². The molecule has 2 aromatic rings. The molecule has 0 aromatic carbocycles. The van der Waals surface area contributed by atoms with E-state index >= 15 is 0 Å². The average Bonchev–Trinajstić information content (AvgIpc) is 2.94. The SMILES string of the molecule is Cc1n[nH]c(C)c1NC(=O)C1CCCc2nn(C)cc21. The fourth-order valence-corrected chi connectivity index (χ4v) is 2.89. The number of carbonyl (C=O) groups excluding carboxylic acids is 1. The first-order valence-electron chi connectivity index (χ1n) is 6.91. The van der Waals surface area contributed by atoms with Crippen LogP contribution in [0, 0.1) is 13.8 Å². The summed E-state index contributed by atoms with van der Waals surface area (Å²) in [6, 6.07) is 0. The van der Waals surface area contributed by atoms with Crippen LogP contribution in [0.3, 0.4) is 0 Å². The van der Waals surface area contributed by atoms with Crippen molar-refractivity contribution in [1.82, 2.24) is 20.0 Å². The van der Waals surface area contributed by atoms with Crippen LogP contribution in [0.4, 0.5) is 5.69 Å². The molecular weight excluding hydrogens is 254 g/mol. The molecule has 1 unspecified atom stereocenters. The third-order valence-corrected chi connectivity index (χ3v) is 3.91. The first-order valence-corrected chi connectivity index (χ1v) is 6.91. The molecule has 0 bridgehead atoms. The lowest BCUT2D eigenvalue weighted by molar-refractivity contribution is -0.117. The van der Waals surface area contributed by atoms with Gasteiger partial charge in [-0.25, -0.2) is 0 Å². The number of hydrogen-bond acceptors (Lipinski definition) is 3. The summed E-state index contributed by atoms with van der Waals surface area (Å²) in [4.78, 5) is 12.6. The van der Waals surface area contributed by atoms with Crippen molar-refractivity contribution in [3.05, 3.63) is 28.8 Å². The maximum atomic E-state index is 12.6. The van der Waals surface area contributed by atoms with Gasteiger partial charge in [-0.3, -0.25) is 14.6 Å². The van der Waals surface area contributed by atoms with E-state index in [0.717, 1.165) is 47.6 Å². The number of aromatic nitrogens is 4. The minimum atomic E-state index is -0.110. The number of aryl methyl sites for hydroxylation is 4. The zero-order valence-electron chi connectivity index (χ0n) is 12.0. The van der Waals surface area contributed by atoms with Crippen LogP contribution in [0.25, 0.3) is 0 Å². The lowest BCUT2D eigenvalue weighted by atomic mass is 9.86. The molecule has 0 spiro atoms. The average molecular weight is 273 g/mol. The van der Waals surface area contributed by atoms with Crippen LogP contribution < -0.4 is 5.32 Å². The lowest BCUT2D eigenvalue weighted by Gasteiger charge is -2.20. The Balaban J connectivity index is 1.85. The van der Waals surface area contributed by atoms with Gasteiger partial charge in [-0.15, -0.1) is 0 Å². The lowest BCUT2D eigenvalue weighted by Crippen LogP contribution is -2.24. The van der Waals surface area contributed by atoms with Crippen molar-refractivity contribution in [3.8, 4) is 0 Å². The third-order valence-electron chi connectivity index (χ3n) is 3.91. The van der Waals surface area contributed by atoms with Crippen molar-refractivity contribution in [2.75, 3.05) is 5.32 Å². The Hall–Kier alpha value is -2.11. The van der Waals surface area contributed by atoms with E-state index in [1.807, 2.05) is 27.1 Å². The molecule has 0 fully saturated rings. The van der Waals surface area contributed by atoms with Gasteiger partial charge in [0.05, 0.1) is 28.7 Å². The van der Waals surface area contributed by atoms with Crippen LogP contribution in [0.1, 0.15) is 41.4 Å². The van der Waals surface area contributed by atoms with Gasteiger partial charge in [-0.05, 0) is 33.1 Å². The van der Waals surface area contributed by atoms with Crippen molar-refractivity contribution in [2.45, 2.75) is 39.0 Å². The van der Waals surface area contributed by atoms with Gasteiger partial charge in [-0.1, -0.05) is 0 Å². The number of fused-ring (bicyclic) bond motifs is 1. The molecule has 0 saturated heterocycles. The predicted molar refractivity (Wildman–Crippen MR) is 75.6 cm³/mol. The van der Waals surface area contributed by atoms with E-state index in [1.165, 1.54) is 0 Å². The summed E-state index contributed by atoms with van der Waals surface area (Å²) >= 11 is 0. The first-order chi connectivity index (χ1) is 9.56. The van der Waals surface area contributed by atoms with Gasteiger partial charge in [0.15, 0.2) is 0 Å². The van der Waals surface area contributed by atoms with Crippen molar-refractivity contribution < 1.29 is 4.79 Å². The fourth-order valence-electron chi connectivity index (χ4n) is 2.89. The standard InChI is InChI=1S/C14H19N5O/c1-8-13(9(2)17-16-8)15-14(20)10-5-4-6-12-11(10)7-19(3)18-12/h7,10H,4-6H2,1-3H3,(H,15,20)(H,16,17). The summed E-state index contributed by atoms with van der Waals surface area (Å²) in [6.07, 6.45) is 4.81. The molecule has 20 heavy (non-hydrogen) atoms. The monoisotopic (exact) mass is 273 g/mol. The Morgan fingerprint density at radius 1 is 1.50 bits per heavy atom. The molecule has 6 heteroatoms. The molecule has 0 radical (unpaired) electrons. The topological polar surface area (TPSA) is 75.6 Å². The number of amides is 1. The number of nitrogens with zero attached hydrogens (tertiary/aromatic N) is 3. The Morgan fingerprint density at radius 3 is 3.00 bits per heavy atom. The molecule has 2 heterocycles. The predicted octanol–water partition coefficient (Wildman–Crippen LogP) is 1.82. The van der Waals surface area contributed by atoms with Crippen LogP contribution in [-0.2, 0) is 18.3 Å². The van der Waals surface area contributed by atoms with Crippen molar-refractivity contribution in [2.24, 2.45) is 7.05 Å². The largest absolute Gasteiger partial charge is 0.322 e. The molecule has 3 rings (SSSR count). The number of carbonyl (C=O) groups is 1. The highest BCUT2D eigenvalue weighted by Crippen LogP contribution is 2.32. The van der Waals surface area contributed by atoms with E-state index in [2.05, 4.69) is 20.6 Å². The Morgan fingerprint density at radius 2 is 2.30 bits per heavy atom. The second kappa shape index (κ2) is 4.77. The molecule has 2 N–H and O–H groups in total. The second-order valence-electron chi connectivity index (χ2n) is 5.45.